The molecule has 2 unspecified atom stereocenters. The zero-order valence-electron chi connectivity index (χ0n) is 10.4. The summed E-state index contributed by atoms with van der Waals surface area (Å²) in [7, 11) is 0. The third kappa shape index (κ3) is 2.79. The number of terminal acetylenes is 1. The predicted molar refractivity (Wildman–Crippen MR) is 74.1 cm³/mol. The molecule has 2 rings (SSSR count). The van der Waals surface area contributed by atoms with Crippen LogP contribution in [0.2, 0.25) is 0 Å². The molecule has 17 heavy (non-hydrogen) atoms. The summed E-state index contributed by atoms with van der Waals surface area (Å²) in [4.78, 5) is 3.63. The fraction of sp³-hybridized carbons (Fsp3) is 0.692. The molecular formula is C13H21N3S. The lowest BCUT2D eigenvalue weighted by molar-refractivity contribution is 0.339. The molecule has 0 saturated heterocycles. The molecule has 1 aliphatic heterocycles. The molecule has 3 N–H and O–H groups in total. The maximum atomic E-state index is 6.10. The van der Waals surface area contributed by atoms with Crippen molar-refractivity contribution in [3.8, 4) is 12.3 Å². The zero-order chi connectivity index (χ0) is 12.3. The van der Waals surface area contributed by atoms with Crippen LogP contribution in [0.5, 0.6) is 0 Å². The largest absolute Gasteiger partial charge is 0.339 e. The van der Waals surface area contributed by atoms with Gasteiger partial charge in [-0.15, -0.1) is 6.42 Å². The zero-order valence-corrected chi connectivity index (χ0v) is 11.2. The van der Waals surface area contributed by atoms with Gasteiger partial charge < -0.3 is 16.0 Å². The Morgan fingerprint density at radius 1 is 1.65 bits per heavy atom. The monoisotopic (exact) mass is 251 g/mol. The van der Waals surface area contributed by atoms with Gasteiger partial charge in [-0.3, -0.25) is 0 Å². The fourth-order valence-corrected chi connectivity index (χ4v) is 3.76. The third-order valence-corrected chi connectivity index (χ3v) is 4.53. The number of nitrogens with two attached hydrogens (primary N) is 1. The van der Waals surface area contributed by atoms with Crippen LogP contribution in [0.3, 0.4) is 0 Å². The second kappa shape index (κ2) is 5.81. The summed E-state index contributed by atoms with van der Waals surface area (Å²) in [5, 5.41) is 3.60. The standard InChI is InChI=1S/C13H21N3S/c1-3-7-15-10-5-6-11-12(9-10)17-13(14)16(11)8-4-2/h2,10,13,15H,3,5-9,14H2,1H3. The van der Waals surface area contributed by atoms with Crippen molar-refractivity contribution in [2.45, 2.75) is 44.1 Å². The highest BCUT2D eigenvalue weighted by molar-refractivity contribution is 8.03. The summed E-state index contributed by atoms with van der Waals surface area (Å²) in [5.41, 5.74) is 7.53. The molecule has 0 bridgehead atoms. The highest BCUT2D eigenvalue weighted by Crippen LogP contribution is 2.43. The Morgan fingerprint density at radius 3 is 3.18 bits per heavy atom. The van der Waals surface area contributed by atoms with Crippen LogP contribution in [-0.4, -0.2) is 29.5 Å². The first-order valence-electron chi connectivity index (χ1n) is 6.34. The fourth-order valence-electron chi connectivity index (χ4n) is 2.48. The van der Waals surface area contributed by atoms with Gasteiger partial charge in [-0.1, -0.05) is 24.6 Å². The van der Waals surface area contributed by atoms with Gasteiger partial charge in [0.15, 0.2) is 0 Å². The lowest BCUT2D eigenvalue weighted by Crippen LogP contribution is -2.37. The van der Waals surface area contributed by atoms with Gasteiger partial charge in [-0.05, 0) is 32.2 Å². The van der Waals surface area contributed by atoms with Crippen molar-refractivity contribution in [3.63, 3.8) is 0 Å². The van der Waals surface area contributed by atoms with Crippen LogP contribution in [0.1, 0.15) is 32.6 Å². The smallest absolute Gasteiger partial charge is 0.130 e. The Hall–Kier alpha value is -0.630. The van der Waals surface area contributed by atoms with Gasteiger partial charge in [0.25, 0.3) is 0 Å². The average Bonchev–Trinajstić information content (AvgIpc) is 2.63. The van der Waals surface area contributed by atoms with E-state index in [0.717, 1.165) is 19.4 Å². The Balaban J connectivity index is 1.99. The molecule has 94 valence electrons. The molecular weight excluding hydrogens is 230 g/mol. The third-order valence-electron chi connectivity index (χ3n) is 3.34. The molecule has 0 aromatic carbocycles. The van der Waals surface area contributed by atoms with E-state index in [4.69, 9.17) is 12.2 Å². The highest BCUT2D eigenvalue weighted by Gasteiger charge is 2.33. The van der Waals surface area contributed by atoms with E-state index in [1.807, 2.05) is 0 Å². The number of hydrogen-bond acceptors (Lipinski definition) is 4. The first-order valence-corrected chi connectivity index (χ1v) is 7.22. The Morgan fingerprint density at radius 2 is 2.47 bits per heavy atom. The maximum absolute atomic E-state index is 6.10. The van der Waals surface area contributed by atoms with Crippen LogP contribution in [0.15, 0.2) is 10.6 Å². The van der Waals surface area contributed by atoms with Gasteiger partial charge in [-0.25, -0.2) is 0 Å². The van der Waals surface area contributed by atoms with Crippen LogP contribution < -0.4 is 11.1 Å². The van der Waals surface area contributed by atoms with Gasteiger partial charge >= 0.3 is 0 Å². The van der Waals surface area contributed by atoms with E-state index in [-0.39, 0.29) is 5.50 Å². The molecule has 4 heteroatoms. The summed E-state index contributed by atoms with van der Waals surface area (Å²) in [6.07, 6.45) is 10.0. The number of allylic oxidation sites excluding steroid dienone is 1. The summed E-state index contributed by atoms with van der Waals surface area (Å²) >= 11 is 1.78. The minimum Gasteiger partial charge on any atom is -0.339 e. The van der Waals surface area contributed by atoms with Crippen LogP contribution in [0.25, 0.3) is 0 Å². The number of hydrogen-bond donors (Lipinski definition) is 2. The van der Waals surface area contributed by atoms with Crippen molar-refractivity contribution in [3.05, 3.63) is 10.6 Å². The summed E-state index contributed by atoms with van der Waals surface area (Å²) in [6, 6.07) is 0.624. The van der Waals surface area contributed by atoms with Crippen molar-refractivity contribution >= 4 is 11.8 Å². The minimum absolute atomic E-state index is 0.0287. The lowest BCUT2D eigenvalue weighted by atomic mass is 9.98. The van der Waals surface area contributed by atoms with E-state index in [0.29, 0.717) is 12.6 Å². The van der Waals surface area contributed by atoms with Gasteiger partial charge in [0, 0.05) is 16.6 Å². The summed E-state index contributed by atoms with van der Waals surface area (Å²) < 4.78 is 0. The average molecular weight is 251 g/mol. The molecule has 1 heterocycles. The normalized spacial score (nSPS) is 28.2. The number of nitrogens with one attached hydrogen (secondary N) is 1. The van der Waals surface area contributed by atoms with E-state index in [9.17, 15) is 0 Å². The maximum Gasteiger partial charge on any atom is 0.130 e. The van der Waals surface area contributed by atoms with Crippen LogP contribution in [0, 0.1) is 12.3 Å². The number of nitrogens with zero attached hydrogens (tertiary/aromatic N) is 1. The topological polar surface area (TPSA) is 41.3 Å². The van der Waals surface area contributed by atoms with E-state index < -0.39 is 0 Å². The van der Waals surface area contributed by atoms with E-state index >= 15 is 0 Å². The van der Waals surface area contributed by atoms with Crippen LogP contribution in [-0.2, 0) is 0 Å². The second-order valence-corrected chi connectivity index (χ2v) is 5.82. The van der Waals surface area contributed by atoms with Crippen molar-refractivity contribution in [2.24, 2.45) is 5.73 Å². The summed E-state index contributed by atoms with van der Waals surface area (Å²) in [6.45, 7) is 3.95. The molecule has 2 aliphatic rings. The van der Waals surface area contributed by atoms with Crippen molar-refractivity contribution in [1.82, 2.24) is 10.2 Å². The van der Waals surface area contributed by atoms with Gasteiger partial charge in [0.05, 0.1) is 6.54 Å². The molecule has 1 aliphatic carbocycles. The number of rotatable bonds is 4. The predicted octanol–water partition coefficient (Wildman–Crippen LogP) is 1.67. The van der Waals surface area contributed by atoms with Crippen molar-refractivity contribution in [2.75, 3.05) is 13.1 Å². The highest BCUT2D eigenvalue weighted by atomic mass is 32.2. The second-order valence-electron chi connectivity index (χ2n) is 4.60. The van der Waals surface area contributed by atoms with Crippen LogP contribution in [0.4, 0.5) is 0 Å². The molecule has 0 saturated carbocycles. The molecule has 3 nitrogen and oxygen atoms in total. The van der Waals surface area contributed by atoms with E-state index in [1.54, 1.807) is 11.8 Å². The molecule has 0 amide bonds. The SMILES string of the molecule is C#CCN1C2=C(CC(NCCC)CC2)SC1N. The molecule has 0 spiro atoms. The van der Waals surface area contributed by atoms with Crippen molar-refractivity contribution in [1.29, 1.82) is 0 Å². The Bertz CT molecular complexity index is 345. The first-order chi connectivity index (χ1) is 8.26. The molecule has 0 aromatic rings. The quantitative estimate of drug-likeness (QED) is 0.746. The van der Waals surface area contributed by atoms with Gasteiger partial charge in [-0.2, -0.15) is 0 Å². The van der Waals surface area contributed by atoms with Crippen LogP contribution >= 0.6 is 11.8 Å². The Labute approximate surface area is 108 Å². The minimum atomic E-state index is 0.0287. The van der Waals surface area contributed by atoms with Gasteiger partial charge in [0.2, 0.25) is 0 Å². The molecule has 0 aromatic heterocycles. The lowest BCUT2D eigenvalue weighted by Gasteiger charge is -2.28. The number of thioether (sulfide) groups is 1. The van der Waals surface area contributed by atoms with E-state index in [1.165, 1.54) is 23.4 Å². The van der Waals surface area contributed by atoms with Gasteiger partial charge in [0.1, 0.15) is 5.50 Å². The van der Waals surface area contributed by atoms with E-state index in [2.05, 4.69) is 23.1 Å². The molecule has 0 radical (unpaired) electrons. The first kappa shape index (κ1) is 12.8. The molecule has 0 fully saturated rings. The summed E-state index contributed by atoms with van der Waals surface area (Å²) in [5.74, 6) is 2.70. The Kier molecular flexibility index (Phi) is 4.38. The molecule has 2 atom stereocenters. The van der Waals surface area contributed by atoms with Crippen molar-refractivity contribution < 1.29 is 0 Å².